The van der Waals surface area contributed by atoms with E-state index in [1.165, 1.54) is 17.2 Å². The summed E-state index contributed by atoms with van der Waals surface area (Å²) in [5.74, 6) is -1.08. The van der Waals surface area contributed by atoms with Gasteiger partial charge in [0, 0.05) is 5.38 Å². The number of aromatic carboxylic acids is 1. The number of hydrogen-bond acceptors (Lipinski definition) is 5. The van der Waals surface area contributed by atoms with Crippen molar-refractivity contribution in [2.24, 2.45) is 0 Å². The van der Waals surface area contributed by atoms with Crippen LogP contribution in [0.15, 0.2) is 17.8 Å². The zero-order chi connectivity index (χ0) is 9.26. The van der Waals surface area contributed by atoms with Crippen LogP contribution in [0.25, 0.3) is 5.69 Å². The van der Waals surface area contributed by atoms with E-state index in [9.17, 15) is 4.79 Å². The SMILES string of the molecule is O=C(O)c1nscc1-n1nccn1. The molecule has 7 heteroatoms. The third-order valence-corrected chi connectivity index (χ3v) is 2.00. The number of carbonyl (C=O) groups is 1. The standard InChI is InChI=1S/C6H4N4O2S/c11-6(12)5-4(3-13-9-5)10-7-1-2-8-10/h1-3H,(H,11,12). The Kier molecular flexibility index (Phi) is 1.78. The van der Waals surface area contributed by atoms with Gasteiger partial charge in [-0.25, -0.2) is 4.79 Å². The van der Waals surface area contributed by atoms with E-state index in [4.69, 9.17) is 5.11 Å². The molecule has 1 N–H and O–H groups in total. The number of aromatic nitrogens is 4. The zero-order valence-corrected chi connectivity index (χ0v) is 7.10. The molecular formula is C6H4N4O2S. The topological polar surface area (TPSA) is 80.9 Å². The summed E-state index contributed by atoms with van der Waals surface area (Å²) in [6.45, 7) is 0. The van der Waals surface area contributed by atoms with Gasteiger partial charge in [0.25, 0.3) is 0 Å². The minimum atomic E-state index is -1.08. The van der Waals surface area contributed by atoms with Crippen LogP contribution < -0.4 is 0 Å². The third kappa shape index (κ3) is 1.29. The molecule has 0 spiro atoms. The molecule has 2 rings (SSSR count). The van der Waals surface area contributed by atoms with Gasteiger partial charge in [-0.2, -0.15) is 14.6 Å². The van der Waals surface area contributed by atoms with Crippen LogP contribution in [0.1, 0.15) is 10.5 Å². The lowest BCUT2D eigenvalue weighted by atomic mass is 10.4. The monoisotopic (exact) mass is 196 g/mol. The Morgan fingerprint density at radius 1 is 1.46 bits per heavy atom. The quantitative estimate of drug-likeness (QED) is 0.752. The molecule has 2 aromatic rings. The largest absolute Gasteiger partial charge is 0.476 e. The summed E-state index contributed by atoms with van der Waals surface area (Å²) in [6.07, 6.45) is 2.95. The smallest absolute Gasteiger partial charge is 0.357 e. The Morgan fingerprint density at radius 3 is 2.77 bits per heavy atom. The van der Waals surface area contributed by atoms with Crippen LogP contribution in [0.4, 0.5) is 0 Å². The maximum absolute atomic E-state index is 10.7. The van der Waals surface area contributed by atoms with Crippen LogP contribution >= 0.6 is 11.5 Å². The van der Waals surface area contributed by atoms with E-state index in [-0.39, 0.29) is 5.69 Å². The molecule has 0 aliphatic rings. The van der Waals surface area contributed by atoms with Gasteiger partial charge in [0.1, 0.15) is 5.69 Å². The van der Waals surface area contributed by atoms with Crippen molar-refractivity contribution >= 4 is 17.5 Å². The molecule has 13 heavy (non-hydrogen) atoms. The number of carboxylic acid groups (broad SMARTS) is 1. The zero-order valence-electron chi connectivity index (χ0n) is 6.28. The maximum Gasteiger partial charge on any atom is 0.357 e. The van der Waals surface area contributed by atoms with E-state index in [2.05, 4.69) is 14.6 Å². The summed E-state index contributed by atoms with van der Waals surface area (Å²) in [5, 5.41) is 17.9. The number of rotatable bonds is 2. The van der Waals surface area contributed by atoms with Gasteiger partial charge in [-0.1, -0.05) is 0 Å². The summed E-state index contributed by atoms with van der Waals surface area (Å²) >= 11 is 1.06. The van der Waals surface area contributed by atoms with Crippen molar-refractivity contribution in [1.29, 1.82) is 0 Å². The predicted molar refractivity (Wildman–Crippen MR) is 44.0 cm³/mol. The van der Waals surface area contributed by atoms with Crippen LogP contribution in [0.2, 0.25) is 0 Å². The summed E-state index contributed by atoms with van der Waals surface area (Å²) in [7, 11) is 0. The van der Waals surface area contributed by atoms with Crippen molar-refractivity contribution in [1.82, 2.24) is 19.4 Å². The average molecular weight is 196 g/mol. The molecule has 2 aromatic heterocycles. The molecule has 0 saturated heterocycles. The first-order valence-corrected chi connectivity index (χ1v) is 4.17. The fourth-order valence-corrected chi connectivity index (χ4v) is 1.50. The second kappa shape index (κ2) is 2.94. The lowest BCUT2D eigenvalue weighted by Crippen LogP contribution is -2.06. The lowest BCUT2D eigenvalue weighted by Gasteiger charge is -1.94. The molecule has 0 unspecified atom stereocenters. The Hall–Kier alpha value is -1.76. The molecule has 6 nitrogen and oxygen atoms in total. The van der Waals surface area contributed by atoms with Crippen molar-refractivity contribution in [3.05, 3.63) is 23.5 Å². The Labute approximate surface area is 76.6 Å². The predicted octanol–water partition coefficient (Wildman–Crippen LogP) is 0.422. The normalized spacial score (nSPS) is 10.2. The third-order valence-electron chi connectivity index (χ3n) is 1.39. The number of carboxylic acids is 1. The van der Waals surface area contributed by atoms with E-state index in [0.717, 1.165) is 11.5 Å². The molecular weight excluding hydrogens is 192 g/mol. The molecule has 0 aliphatic heterocycles. The Balaban J connectivity index is 2.52. The summed E-state index contributed by atoms with van der Waals surface area (Å²) in [4.78, 5) is 11.9. The highest BCUT2D eigenvalue weighted by molar-refractivity contribution is 7.04. The highest BCUT2D eigenvalue weighted by Gasteiger charge is 2.15. The molecule has 0 radical (unpaired) electrons. The van der Waals surface area contributed by atoms with Gasteiger partial charge in [-0.05, 0) is 11.5 Å². The van der Waals surface area contributed by atoms with E-state index < -0.39 is 5.97 Å². The van der Waals surface area contributed by atoms with Gasteiger partial charge >= 0.3 is 5.97 Å². The van der Waals surface area contributed by atoms with Crippen LogP contribution in [0, 0.1) is 0 Å². The molecule has 0 fully saturated rings. The van der Waals surface area contributed by atoms with Gasteiger partial charge in [0.15, 0.2) is 5.69 Å². The number of hydrogen-bond donors (Lipinski definition) is 1. The minimum absolute atomic E-state index is 0.0267. The fraction of sp³-hybridized carbons (Fsp3) is 0. The Morgan fingerprint density at radius 2 is 2.15 bits per heavy atom. The van der Waals surface area contributed by atoms with Crippen molar-refractivity contribution in [2.45, 2.75) is 0 Å². The van der Waals surface area contributed by atoms with E-state index >= 15 is 0 Å². The van der Waals surface area contributed by atoms with Crippen LogP contribution in [-0.2, 0) is 0 Å². The van der Waals surface area contributed by atoms with Crippen LogP contribution in [-0.4, -0.2) is 30.4 Å². The van der Waals surface area contributed by atoms with Gasteiger partial charge in [0.2, 0.25) is 0 Å². The molecule has 0 aliphatic carbocycles. The van der Waals surface area contributed by atoms with E-state index in [0.29, 0.717) is 5.69 Å². The van der Waals surface area contributed by atoms with E-state index in [1.54, 1.807) is 5.38 Å². The van der Waals surface area contributed by atoms with Gasteiger partial charge < -0.3 is 5.11 Å². The highest BCUT2D eigenvalue weighted by Crippen LogP contribution is 2.13. The molecule has 0 aromatic carbocycles. The fourth-order valence-electron chi connectivity index (χ4n) is 0.862. The first-order valence-electron chi connectivity index (χ1n) is 3.33. The summed E-state index contributed by atoms with van der Waals surface area (Å²) < 4.78 is 3.71. The summed E-state index contributed by atoms with van der Waals surface area (Å²) in [5.41, 5.74) is 0.365. The lowest BCUT2D eigenvalue weighted by molar-refractivity contribution is 0.0691. The van der Waals surface area contributed by atoms with E-state index in [1.807, 2.05) is 0 Å². The van der Waals surface area contributed by atoms with Gasteiger partial charge in [-0.15, -0.1) is 4.80 Å². The second-order valence-corrected chi connectivity index (χ2v) is 2.80. The number of nitrogens with zero attached hydrogens (tertiary/aromatic N) is 4. The van der Waals surface area contributed by atoms with Crippen molar-refractivity contribution in [3.8, 4) is 5.69 Å². The second-order valence-electron chi connectivity index (χ2n) is 2.17. The van der Waals surface area contributed by atoms with Gasteiger partial charge in [0.05, 0.1) is 12.4 Å². The molecule has 0 atom stereocenters. The summed E-state index contributed by atoms with van der Waals surface area (Å²) in [6, 6.07) is 0. The molecule has 66 valence electrons. The molecule has 0 bridgehead atoms. The first-order chi connectivity index (χ1) is 6.29. The average Bonchev–Trinajstić information content (AvgIpc) is 2.74. The molecule has 0 saturated carbocycles. The minimum Gasteiger partial charge on any atom is -0.476 e. The maximum atomic E-state index is 10.7. The van der Waals surface area contributed by atoms with Crippen LogP contribution in [0.3, 0.4) is 0 Å². The van der Waals surface area contributed by atoms with Gasteiger partial charge in [-0.3, -0.25) is 0 Å². The van der Waals surface area contributed by atoms with Crippen molar-refractivity contribution < 1.29 is 9.90 Å². The van der Waals surface area contributed by atoms with Crippen LogP contribution in [0.5, 0.6) is 0 Å². The molecule has 0 amide bonds. The molecule has 2 heterocycles. The van der Waals surface area contributed by atoms with Crippen molar-refractivity contribution in [3.63, 3.8) is 0 Å². The highest BCUT2D eigenvalue weighted by atomic mass is 32.1. The first kappa shape index (κ1) is 7.87. The Bertz CT molecular complexity index is 422. The van der Waals surface area contributed by atoms with Crippen molar-refractivity contribution in [2.75, 3.05) is 0 Å².